The zero-order valence-corrected chi connectivity index (χ0v) is 22.5. The van der Waals surface area contributed by atoms with Crippen LogP contribution in [0.5, 0.6) is 5.75 Å². The molecule has 2 fully saturated rings. The summed E-state index contributed by atoms with van der Waals surface area (Å²) in [5.74, 6) is 0.581. The summed E-state index contributed by atoms with van der Waals surface area (Å²) >= 11 is 0. The highest BCUT2D eigenvalue weighted by atomic mass is 32.2. The maximum absolute atomic E-state index is 12.6. The van der Waals surface area contributed by atoms with E-state index < -0.39 is 11.0 Å². The maximum atomic E-state index is 12.6. The number of rotatable bonds is 9. The summed E-state index contributed by atoms with van der Waals surface area (Å²) < 4.78 is 24.8. The van der Waals surface area contributed by atoms with Gasteiger partial charge in [0.2, 0.25) is 5.91 Å². The van der Waals surface area contributed by atoms with Crippen molar-refractivity contribution in [2.45, 2.75) is 56.9 Å². The minimum Gasteiger partial charge on any atom is -0.497 e. The van der Waals surface area contributed by atoms with Gasteiger partial charge in [0.15, 0.2) is 0 Å². The molecule has 34 heavy (non-hydrogen) atoms. The van der Waals surface area contributed by atoms with Crippen LogP contribution in [-0.2, 0) is 20.5 Å². The molecule has 0 radical (unpaired) electrons. The van der Waals surface area contributed by atoms with Gasteiger partial charge in [0, 0.05) is 52.9 Å². The minimum atomic E-state index is -1.28. The Morgan fingerprint density at radius 1 is 1.18 bits per heavy atom. The quantitative estimate of drug-likeness (QED) is 0.511. The molecule has 0 bridgehead atoms. The summed E-state index contributed by atoms with van der Waals surface area (Å²) in [6, 6.07) is 4.67. The largest absolute Gasteiger partial charge is 0.497 e. The number of nitrogens with zero attached hydrogens (tertiary/aromatic N) is 2. The topological polar surface area (TPSA) is 83.1 Å². The number of hydrogen-bond acceptors (Lipinski definition) is 6. The molecule has 1 atom stereocenters. The third-order valence-corrected chi connectivity index (χ3v) is 8.17. The lowest BCUT2D eigenvalue weighted by Gasteiger charge is -2.36. The molecule has 0 spiro atoms. The number of ether oxygens (including phenoxy) is 2. The monoisotopic (exact) mass is 496 g/mol. The Bertz CT molecular complexity index is 741. The molecule has 1 aliphatic carbocycles. The molecule has 1 aromatic rings. The molecule has 1 aromatic carbocycles. The molecule has 194 valence electrons. The number of benzene rings is 1. The van der Waals surface area contributed by atoms with E-state index in [-0.39, 0.29) is 12.5 Å². The summed E-state index contributed by atoms with van der Waals surface area (Å²) in [4.78, 5) is 14.5. The van der Waals surface area contributed by atoms with Gasteiger partial charge in [0.1, 0.15) is 23.3 Å². The van der Waals surface area contributed by atoms with E-state index in [9.17, 15) is 9.00 Å². The van der Waals surface area contributed by atoms with Crippen LogP contribution in [0.1, 0.15) is 43.2 Å². The lowest BCUT2D eigenvalue weighted by atomic mass is 9.94. The molecule has 0 aromatic heterocycles. The van der Waals surface area contributed by atoms with Crippen molar-refractivity contribution in [3.63, 3.8) is 0 Å². The summed E-state index contributed by atoms with van der Waals surface area (Å²) in [6.07, 6.45) is 7.33. The Labute approximate surface area is 208 Å². The van der Waals surface area contributed by atoms with Gasteiger partial charge in [-0.1, -0.05) is 19.3 Å². The van der Waals surface area contributed by atoms with Crippen LogP contribution < -0.4 is 15.4 Å². The van der Waals surface area contributed by atoms with E-state index in [0.29, 0.717) is 13.2 Å². The number of amides is 1. The number of methoxy groups -OCH3 is 1. The van der Waals surface area contributed by atoms with Gasteiger partial charge in [0.05, 0.1) is 18.6 Å². The third-order valence-electron chi connectivity index (χ3n) is 6.43. The van der Waals surface area contributed by atoms with Crippen molar-refractivity contribution in [3.05, 3.63) is 23.3 Å². The number of carbonyl (C=O) groups is 1. The molecule has 1 saturated carbocycles. The summed E-state index contributed by atoms with van der Waals surface area (Å²) in [5.41, 5.74) is 1.85. The van der Waals surface area contributed by atoms with Crippen LogP contribution in [0, 0.1) is 13.8 Å². The first-order valence-corrected chi connectivity index (χ1v) is 13.5. The summed E-state index contributed by atoms with van der Waals surface area (Å²) in [7, 11) is 3.66. The van der Waals surface area contributed by atoms with E-state index in [1.54, 1.807) is 25.5 Å². The Hall–Kier alpha value is -1.52. The van der Waals surface area contributed by atoms with E-state index in [1.807, 2.05) is 26.0 Å². The van der Waals surface area contributed by atoms with E-state index in [0.717, 1.165) is 27.8 Å². The molecule has 1 aliphatic heterocycles. The first-order chi connectivity index (χ1) is 16.4. The van der Waals surface area contributed by atoms with E-state index >= 15 is 0 Å². The highest BCUT2D eigenvalue weighted by Gasteiger charge is 2.21. The SMILES string of the molecule is C1CCC(N2CCNCC2)CC1.CNC(=O)COCCN(C)S(=O)c1c(C)cc(OC)cc1C. The molecule has 1 unspecified atom stereocenters. The normalized spacial score (nSPS) is 18.2. The number of aryl methyl sites for hydroxylation is 2. The minimum absolute atomic E-state index is 0.0115. The summed E-state index contributed by atoms with van der Waals surface area (Å²) in [6.45, 7) is 9.62. The molecule has 2 aliphatic rings. The highest BCUT2D eigenvalue weighted by molar-refractivity contribution is 7.82. The Morgan fingerprint density at radius 3 is 2.35 bits per heavy atom. The number of likely N-dealkylation sites (N-methyl/N-ethyl adjacent to an activating group) is 2. The molecule has 3 rings (SSSR count). The first-order valence-electron chi connectivity index (χ1n) is 12.4. The summed E-state index contributed by atoms with van der Waals surface area (Å²) in [5, 5.41) is 5.89. The number of nitrogens with one attached hydrogen (secondary N) is 2. The molecular weight excluding hydrogens is 452 g/mol. The van der Waals surface area contributed by atoms with Crippen molar-refractivity contribution in [3.8, 4) is 5.75 Å². The van der Waals surface area contributed by atoms with Crippen molar-refractivity contribution in [2.24, 2.45) is 0 Å². The van der Waals surface area contributed by atoms with Crippen molar-refractivity contribution in [1.82, 2.24) is 19.8 Å². The molecule has 1 saturated heterocycles. The van der Waals surface area contributed by atoms with Crippen LogP contribution in [0.3, 0.4) is 0 Å². The van der Waals surface area contributed by atoms with Gasteiger partial charge in [-0.15, -0.1) is 0 Å². The number of hydrogen-bond donors (Lipinski definition) is 2. The first kappa shape index (κ1) is 28.7. The van der Waals surface area contributed by atoms with Crippen molar-refractivity contribution in [1.29, 1.82) is 0 Å². The van der Waals surface area contributed by atoms with Crippen LogP contribution in [0.25, 0.3) is 0 Å². The van der Waals surface area contributed by atoms with Crippen molar-refractivity contribution >= 4 is 16.9 Å². The van der Waals surface area contributed by atoms with Crippen LogP contribution in [0.2, 0.25) is 0 Å². The molecular formula is C25H44N4O4S. The van der Waals surface area contributed by atoms with Gasteiger partial charge >= 0.3 is 0 Å². The number of piperazine rings is 1. The fourth-order valence-electron chi connectivity index (χ4n) is 4.47. The third kappa shape index (κ3) is 9.26. The highest BCUT2D eigenvalue weighted by Crippen LogP contribution is 2.25. The molecule has 1 amide bonds. The standard InChI is InChI=1S/C15H24N2O4S.C10H20N2/c1-11-8-13(20-5)9-12(2)15(11)22(19)17(4)6-7-21-10-14(18)16-3;1-2-4-10(5-3-1)12-8-6-11-7-9-12/h8-9H,6-7,10H2,1-5H3,(H,16,18);10-11H,1-9H2. The Kier molecular flexibility index (Phi) is 13.1. The van der Waals surface area contributed by atoms with Crippen LogP contribution in [0.15, 0.2) is 17.0 Å². The average Bonchev–Trinajstić information content (AvgIpc) is 2.87. The number of carbonyl (C=O) groups excluding carboxylic acids is 1. The second-order valence-corrected chi connectivity index (χ2v) is 10.5. The zero-order valence-electron chi connectivity index (χ0n) is 21.7. The van der Waals surface area contributed by atoms with Crippen LogP contribution in [-0.4, -0.2) is 92.5 Å². The average molecular weight is 497 g/mol. The fraction of sp³-hybridized carbons (Fsp3) is 0.720. The van der Waals surface area contributed by atoms with Gasteiger partial charge < -0.3 is 20.1 Å². The van der Waals surface area contributed by atoms with Crippen molar-refractivity contribution in [2.75, 3.05) is 67.1 Å². The van der Waals surface area contributed by atoms with Gasteiger partial charge in [-0.2, -0.15) is 0 Å². The lowest BCUT2D eigenvalue weighted by Crippen LogP contribution is -2.48. The predicted octanol–water partition coefficient (Wildman–Crippen LogP) is 2.25. The Morgan fingerprint density at radius 2 is 1.79 bits per heavy atom. The zero-order chi connectivity index (χ0) is 24.9. The van der Waals surface area contributed by atoms with E-state index in [1.165, 1.54) is 58.3 Å². The molecule has 9 heteroatoms. The molecule has 1 heterocycles. The second kappa shape index (κ2) is 15.5. The van der Waals surface area contributed by atoms with E-state index in [2.05, 4.69) is 15.5 Å². The van der Waals surface area contributed by atoms with Gasteiger partial charge in [-0.3, -0.25) is 9.69 Å². The lowest BCUT2D eigenvalue weighted by molar-refractivity contribution is -0.125. The predicted molar refractivity (Wildman–Crippen MR) is 138 cm³/mol. The molecule has 8 nitrogen and oxygen atoms in total. The van der Waals surface area contributed by atoms with Gasteiger partial charge in [-0.25, -0.2) is 8.51 Å². The van der Waals surface area contributed by atoms with Gasteiger partial charge in [-0.05, 0) is 49.9 Å². The van der Waals surface area contributed by atoms with Gasteiger partial charge in [0.25, 0.3) is 0 Å². The molecule has 2 N–H and O–H groups in total. The fourth-order valence-corrected chi connectivity index (χ4v) is 5.69. The van der Waals surface area contributed by atoms with E-state index in [4.69, 9.17) is 9.47 Å². The smallest absolute Gasteiger partial charge is 0.245 e. The van der Waals surface area contributed by atoms with Crippen LogP contribution >= 0.6 is 0 Å². The maximum Gasteiger partial charge on any atom is 0.245 e. The second-order valence-electron chi connectivity index (χ2n) is 8.99. The van der Waals surface area contributed by atoms with Crippen molar-refractivity contribution < 1.29 is 18.5 Å². The van der Waals surface area contributed by atoms with Crippen LogP contribution in [0.4, 0.5) is 0 Å². The Balaban J connectivity index is 0.000000283.